The number of nitrogens with zero attached hydrogens (tertiary/aromatic N) is 1. The van der Waals surface area contributed by atoms with Crippen molar-refractivity contribution >= 4 is 22.6 Å². The van der Waals surface area contributed by atoms with Gasteiger partial charge in [0.25, 0.3) is 0 Å². The summed E-state index contributed by atoms with van der Waals surface area (Å²) < 4.78 is 1.29. The van der Waals surface area contributed by atoms with Gasteiger partial charge >= 0.3 is 0 Å². The second-order valence-corrected chi connectivity index (χ2v) is 4.25. The zero-order chi connectivity index (χ0) is 9.36. The van der Waals surface area contributed by atoms with Crippen LogP contribution in [0.25, 0.3) is 0 Å². The maximum atomic E-state index is 4.30. The Morgan fingerprint density at radius 3 is 2.62 bits per heavy atom. The maximum absolute atomic E-state index is 4.30. The summed E-state index contributed by atoms with van der Waals surface area (Å²) >= 11 is 2.44. The van der Waals surface area contributed by atoms with Crippen molar-refractivity contribution in [1.29, 1.82) is 0 Å². The van der Waals surface area contributed by atoms with E-state index in [1.54, 1.807) is 0 Å². The zero-order valence-corrected chi connectivity index (χ0v) is 10.0. The molecule has 72 valence electrons. The van der Waals surface area contributed by atoms with Crippen LogP contribution in [0.2, 0.25) is 0 Å². The minimum Gasteiger partial charge on any atom is -0.261 e. The van der Waals surface area contributed by atoms with Crippen molar-refractivity contribution in [3.05, 3.63) is 30.1 Å². The average molecular weight is 289 g/mol. The summed E-state index contributed by atoms with van der Waals surface area (Å²) in [7, 11) is 0. The number of alkyl halides is 1. The van der Waals surface area contributed by atoms with Crippen LogP contribution in [0.3, 0.4) is 0 Å². The highest BCUT2D eigenvalue weighted by atomic mass is 127. The van der Waals surface area contributed by atoms with Gasteiger partial charge in [-0.2, -0.15) is 0 Å². The topological polar surface area (TPSA) is 12.9 Å². The second kappa shape index (κ2) is 7.30. The maximum Gasteiger partial charge on any atom is 0.0403 e. The van der Waals surface area contributed by atoms with Crippen LogP contribution in [0, 0.1) is 0 Å². The number of hydrogen-bond acceptors (Lipinski definition) is 1. The molecule has 0 saturated heterocycles. The second-order valence-electron chi connectivity index (χ2n) is 3.17. The summed E-state index contributed by atoms with van der Waals surface area (Å²) in [4.78, 5) is 4.30. The van der Waals surface area contributed by atoms with Gasteiger partial charge in [-0.05, 0) is 35.8 Å². The van der Waals surface area contributed by atoms with Gasteiger partial charge in [-0.1, -0.05) is 41.5 Å². The van der Waals surface area contributed by atoms with Crippen LogP contribution in [-0.4, -0.2) is 9.41 Å². The first-order chi connectivity index (χ1) is 6.43. The molecule has 0 unspecified atom stereocenters. The van der Waals surface area contributed by atoms with Gasteiger partial charge in [-0.15, -0.1) is 0 Å². The molecule has 0 bridgehead atoms. The smallest absolute Gasteiger partial charge is 0.0403 e. The molecular formula is C11H16IN. The summed E-state index contributed by atoms with van der Waals surface area (Å²) in [5.41, 5.74) is 1.23. The summed E-state index contributed by atoms with van der Waals surface area (Å²) in [5, 5.41) is 0. The first-order valence-electron chi connectivity index (χ1n) is 4.89. The van der Waals surface area contributed by atoms with Crippen molar-refractivity contribution in [1.82, 2.24) is 4.98 Å². The predicted molar refractivity (Wildman–Crippen MR) is 65.3 cm³/mol. The van der Waals surface area contributed by atoms with Crippen LogP contribution in [-0.2, 0) is 6.42 Å². The predicted octanol–water partition coefficient (Wildman–Crippen LogP) is 3.62. The summed E-state index contributed by atoms with van der Waals surface area (Å²) in [5.74, 6) is 0. The molecule has 1 aromatic rings. The highest BCUT2D eigenvalue weighted by molar-refractivity contribution is 14.1. The lowest BCUT2D eigenvalue weighted by molar-refractivity contribution is 0.666. The molecule has 0 aromatic carbocycles. The molecule has 0 spiro atoms. The first-order valence-corrected chi connectivity index (χ1v) is 6.42. The molecule has 2 heteroatoms. The van der Waals surface area contributed by atoms with Gasteiger partial charge in [-0.25, -0.2) is 0 Å². The highest BCUT2D eigenvalue weighted by Gasteiger charge is 1.93. The number of halogens is 1. The molecule has 0 amide bonds. The number of rotatable bonds is 6. The fourth-order valence-electron chi connectivity index (χ4n) is 1.30. The van der Waals surface area contributed by atoms with E-state index in [2.05, 4.69) is 39.7 Å². The standard InChI is InChI=1S/C11H16IN/c12-9-5-2-1-3-7-11-8-4-6-10-13-11/h4,6,8,10H,1-3,5,7,9H2. The van der Waals surface area contributed by atoms with E-state index in [-0.39, 0.29) is 0 Å². The zero-order valence-electron chi connectivity index (χ0n) is 7.88. The van der Waals surface area contributed by atoms with Crippen LogP contribution >= 0.6 is 22.6 Å². The van der Waals surface area contributed by atoms with Gasteiger partial charge in [-0.3, -0.25) is 4.98 Å². The molecule has 0 aliphatic heterocycles. The van der Waals surface area contributed by atoms with Gasteiger partial charge in [0.05, 0.1) is 0 Å². The van der Waals surface area contributed by atoms with Crippen LogP contribution in [0.1, 0.15) is 31.4 Å². The molecule has 0 radical (unpaired) electrons. The molecule has 1 aromatic heterocycles. The summed E-state index contributed by atoms with van der Waals surface area (Å²) in [6, 6.07) is 6.14. The number of aryl methyl sites for hydroxylation is 1. The van der Waals surface area contributed by atoms with Gasteiger partial charge in [0.15, 0.2) is 0 Å². The Hall–Kier alpha value is -0.120. The lowest BCUT2D eigenvalue weighted by Crippen LogP contribution is -1.89. The van der Waals surface area contributed by atoms with Crippen molar-refractivity contribution < 1.29 is 0 Å². The number of pyridine rings is 1. The number of hydrogen-bond donors (Lipinski definition) is 0. The van der Waals surface area contributed by atoms with E-state index in [4.69, 9.17) is 0 Å². The van der Waals surface area contributed by atoms with Crippen LogP contribution < -0.4 is 0 Å². The molecule has 0 saturated carbocycles. The first kappa shape index (κ1) is 11.0. The van der Waals surface area contributed by atoms with Crippen LogP contribution in [0.15, 0.2) is 24.4 Å². The number of aromatic nitrogens is 1. The highest BCUT2D eigenvalue weighted by Crippen LogP contribution is 2.06. The average Bonchev–Trinajstić information content (AvgIpc) is 2.19. The molecule has 0 atom stereocenters. The minimum atomic E-state index is 1.14. The Kier molecular flexibility index (Phi) is 6.15. The molecule has 0 aliphatic rings. The molecule has 1 rings (SSSR count). The van der Waals surface area contributed by atoms with Crippen molar-refractivity contribution in [3.63, 3.8) is 0 Å². The quantitative estimate of drug-likeness (QED) is 0.443. The van der Waals surface area contributed by atoms with E-state index < -0.39 is 0 Å². The van der Waals surface area contributed by atoms with Crippen molar-refractivity contribution in [3.8, 4) is 0 Å². The summed E-state index contributed by atoms with van der Waals surface area (Å²) in [6.07, 6.45) is 8.38. The van der Waals surface area contributed by atoms with E-state index in [0.29, 0.717) is 0 Å². The van der Waals surface area contributed by atoms with Crippen molar-refractivity contribution in [2.45, 2.75) is 32.1 Å². The van der Waals surface area contributed by atoms with Gasteiger partial charge in [0.2, 0.25) is 0 Å². The monoisotopic (exact) mass is 289 g/mol. The fourth-order valence-corrected chi connectivity index (χ4v) is 1.84. The lowest BCUT2D eigenvalue weighted by Gasteiger charge is -1.99. The molecule has 0 aliphatic carbocycles. The molecule has 13 heavy (non-hydrogen) atoms. The van der Waals surface area contributed by atoms with Gasteiger partial charge < -0.3 is 0 Å². The van der Waals surface area contributed by atoms with Crippen molar-refractivity contribution in [2.24, 2.45) is 0 Å². The van der Waals surface area contributed by atoms with E-state index in [1.807, 2.05) is 12.3 Å². The molecule has 1 heterocycles. The Morgan fingerprint density at radius 2 is 1.92 bits per heavy atom. The van der Waals surface area contributed by atoms with Crippen molar-refractivity contribution in [2.75, 3.05) is 4.43 Å². The lowest BCUT2D eigenvalue weighted by atomic mass is 10.1. The Labute approximate surface area is 94.1 Å². The third-order valence-electron chi connectivity index (χ3n) is 2.04. The SMILES string of the molecule is ICCCCCCc1ccccn1. The number of unbranched alkanes of at least 4 members (excludes halogenated alkanes) is 3. The van der Waals surface area contributed by atoms with Gasteiger partial charge in [0, 0.05) is 11.9 Å². The normalized spacial score (nSPS) is 10.2. The Balaban J connectivity index is 2.07. The van der Waals surface area contributed by atoms with E-state index in [9.17, 15) is 0 Å². The minimum absolute atomic E-state index is 1.14. The Bertz CT molecular complexity index is 211. The molecule has 1 nitrogen and oxygen atoms in total. The van der Waals surface area contributed by atoms with E-state index in [1.165, 1.54) is 35.8 Å². The largest absolute Gasteiger partial charge is 0.261 e. The molecule has 0 fully saturated rings. The third kappa shape index (κ3) is 5.24. The summed E-state index contributed by atoms with van der Waals surface area (Å²) in [6.45, 7) is 0. The molecule has 0 N–H and O–H groups in total. The van der Waals surface area contributed by atoms with Crippen LogP contribution in [0.4, 0.5) is 0 Å². The molecular weight excluding hydrogens is 273 g/mol. The van der Waals surface area contributed by atoms with E-state index >= 15 is 0 Å². The van der Waals surface area contributed by atoms with E-state index in [0.717, 1.165) is 6.42 Å². The third-order valence-corrected chi connectivity index (χ3v) is 2.81. The van der Waals surface area contributed by atoms with Gasteiger partial charge in [0.1, 0.15) is 0 Å². The Morgan fingerprint density at radius 1 is 1.08 bits per heavy atom. The fraction of sp³-hybridized carbons (Fsp3) is 0.545. The van der Waals surface area contributed by atoms with Crippen LogP contribution in [0.5, 0.6) is 0 Å².